The highest BCUT2D eigenvalue weighted by atomic mass is 35.5. The van der Waals surface area contributed by atoms with Crippen LogP contribution in [0.2, 0.25) is 9.36 Å². The molecule has 0 bridgehead atoms. The number of thiophene rings is 1. The fourth-order valence-electron chi connectivity index (χ4n) is 1.05. The van der Waals surface area contributed by atoms with Gasteiger partial charge in [-0.05, 0) is 11.5 Å². The van der Waals surface area contributed by atoms with E-state index in [0.29, 0.717) is 20.7 Å². The zero-order chi connectivity index (χ0) is 10.9. The van der Waals surface area contributed by atoms with Gasteiger partial charge in [-0.15, -0.1) is 11.3 Å². The van der Waals surface area contributed by atoms with E-state index >= 15 is 0 Å². The third-order valence-corrected chi connectivity index (χ3v) is 3.52. The second-order valence-corrected chi connectivity index (χ2v) is 6.45. The summed E-state index contributed by atoms with van der Waals surface area (Å²) in [6.07, 6.45) is 0.514. The second kappa shape index (κ2) is 4.21. The van der Waals surface area contributed by atoms with Gasteiger partial charge in [0.1, 0.15) is 4.34 Å². The van der Waals surface area contributed by atoms with Crippen molar-refractivity contribution in [2.75, 3.05) is 0 Å². The molecule has 0 aromatic carbocycles. The predicted molar refractivity (Wildman–Crippen MR) is 62.7 cm³/mol. The van der Waals surface area contributed by atoms with Gasteiger partial charge in [-0.25, -0.2) is 0 Å². The van der Waals surface area contributed by atoms with Gasteiger partial charge in [-0.2, -0.15) is 0 Å². The van der Waals surface area contributed by atoms with Crippen LogP contribution in [0, 0.1) is 5.41 Å². The van der Waals surface area contributed by atoms with Crippen LogP contribution in [0.15, 0.2) is 6.07 Å². The van der Waals surface area contributed by atoms with Crippen LogP contribution in [0.1, 0.15) is 36.9 Å². The van der Waals surface area contributed by atoms with Crippen LogP contribution in [0.4, 0.5) is 0 Å². The number of hydrogen-bond donors (Lipinski definition) is 0. The van der Waals surface area contributed by atoms with Crippen LogP contribution >= 0.6 is 34.5 Å². The molecule has 0 aliphatic rings. The van der Waals surface area contributed by atoms with Crippen molar-refractivity contribution < 1.29 is 4.79 Å². The minimum absolute atomic E-state index is 0.0000255. The Kier molecular flexibility index (Phi) is 3.62. The number of carbonyl (C=O) groups is 1. The van der Waals surface area contributed by atoms with E-state index in [4.69, 9.17) is 23.2 Å². The fourth-order valence-corrected chi connectivity index (χ4v) is 2.36. The Labute approximate surface area is 98.0 Å². The van der Waals surface area contributed by atoms with Crippen molar-refractivity contribution in [2.45, 2.75) is 27.2 Å². The largest absolute Gasteiger partial charge is 0.293 e. The molecule has 1 nitrogen and oxygen atoms in total. The Hall–Kier alpha value is -0.0500. The quantitative estimate of drug-likeness (QED) is 0.698. The van der Waals surface area contributed by atoms with Crippen molar-refractivity contribution in [2.24, 2.45) is 5.41 Å². The highest BCUT2D eigenvalue weighted by Gasteiger charge is 2.19. The number of carbonyl (C=O) groups excluding carboxylic acids is 1. The zero-order valence-electron chi connectivity index (χ0n) is 8.36. The molecule has 78 valence electrons. The normalized spacial score (nSPS) is 11.8. The summed E-state index contributed by atoms with van der Waals surface area (Å²) in [6.45, 7) is 6.09. The number of Topliss-reactive ketones (excluding diaryl/α,β-unsaturated/α-hetero) is 1. The molecule has 0 unspecified atom stereocenters. The minimum Gasteiger partial charge on any atom is -0.293 e. The Balaban J connectivity index is 2.80. The second-order valence-electron chi connectivity index (χ2n) is 4.39. The lowest BCUT2D eigenvalue weighted by atomic mass is 9.90. The Morgan fingerprint density at radius 2 is 2.00 bits per heavy atom. The van der Waals surface area contributed by atoms with Crippen molar-refractivity contribution in [3.63, 3.8) is 0 Å². The molecule has 4 heteroatoms. The minimum atomic E-state index is 0.0000255. The molecular formula is C10H12Cl2OS. The highest BCUT2D eigenvalue weighted by Crippen LogP contribution is 2.33. The van der Waals surface area contributed by atoms with Gasteiger partial charge >= 0.3 is 0 Å². The first-order valence-electron chi connectivity index (χ1n) is 4.27. The topological polar surface area (TPSA) is 17.1 Å². The summed E-state index contributed by atoms with van der Waals surface area (Å²) in [5.74, 6) is 0.108. The van der Waals surface area contributed by atoms with E-state index < -0.39 is 0 Å². The Morgan fingerprint density at radius 3 is 2.36 bits per heavy atom. The summed E-state index contributed by atoms with van der Waals surface area (Å²) in [5, 5.41) is 0.467. The lowest BCUT2D eigenvalue weighted by Gasteiger charge is -2.15. The molecule has 0 atom stereocenters. The molecule has 0 amide bonds. The molecule has 0 saturated heterocycles. The van der Waals surface area contributed by atoms with Crippen molar-refractivity contribution in [1.29, 1.82) is 0 Å². The Bertz CT molecular complexity index is 330. The monoisotopic (exact) mass is 250 g/mol. The first kappa shape index (κ1) is 12.0. The highest BCUT2D eigenvalue weighted by molar-refractivity contribution is 7.18. The molecule has 1 heterocycles. The van der Waals surface area contributed by atoms with Crippen molar-refractivity contribution >= 4 is 40.3 Å². The van der Waals surface area contributed by atoms with E-state index in [-0.39, 0.29) is 11.2 Å². The molecule has 0 spiro atoms. The van der Waals surface area contributed by atoms with Crippen LogP contribution in [0.25, 0.3) is 0 Å². The Morgan fingerprint density at radius 1 is 1.43 bits per heavy atom. The van der Waals surface area contributed by atoms with Gasteiger partial charge in [0.2, 0.25) is 0 Å². The molecule has 14 heavy (non-hydrogen) atoms. The zero-order valence-corrected chi connectivity index (χ0v) is 10.7. The predicted octanol–water partition coefficient (Wildman–Crippen LogP) is 4.67. The van der Waals surface area contributed by atoms with Crippen LogP contribution in [0.5, 0.6) is 0 Å². The first-order valence-corrected chi connectivity index (χ1v) is 5.85. The fraction of sp³-hybridized carbons (Fsp3) is 0.500. The van der Waals surface area contributed by atoms with Crippen LogP contribution in [-0.2, 0) is 0 Å². The van der Waals surface area contributed by atoms with Crippen LogP contribution in [-0.4, -0.2) is 5.78 Å². The molecule has 0 fully saturated rings. The molecule has 0 aliphatic heterocycles. The lowest BCUT2D eigenvalue weighted by molar-refractivity contribution is 0.0944. The number of ketones is 1. The first-order chi connectivity index (χ1) is 6.29. The van der Waals surface area contributed by atoms with Gasteiger partial charge in [-0.1, -0.05) is 44.0 Å². The van der Waals surface area contributed by atoms with Gasteiger partial charge in [0.25, 0.3) is 0 Å². The van der Waals surface area contributed by atoms with E-state index in [1.54, 1.807) is 6.07 Å². The van der Waals surface area contributed by atoms with Gasteiger partial charge in [0.15, 0.2) is 5.78 Å². The van der Waals surface area contributed by atoms with Gasteiger partial charge in [0, 0.05) is 6.42 Å². The van der Waals surface area contributed by atoms with Crippen molar-refractivity contribution in [3.8, 4) is 0 Å². The maximum Gasteiger partial charge on any atom is 0.173 e. The molecule has 0 aliphatic carbocycles. The average molecular weight is 251 g/mol. The van der Waals surface area contributed by atoms with Crippen molar-refractivity contribution in [3.05, 3.63) is 20.3 Å². The van der Waals surface area contributed by atoms with Crippen molar-refractivity contribution in [1.82, 2.24) is 0 Å². The summed E-state index contributed by atoms with van der Waals surface area (Å²) >= 11 is 12.8. The molecule has 1 aromatic heterocycles. The number of rotatable bonds is 2. The van der Waals surface area contributed by atoms with E-state index in [1.165, 1.54) is 11.3 Å². The SMILES string of the molecule is CC(C)(C)CC(=O)c1cc(Cl)c(Cl)s1. The molecular weight excluding hydrogens is 239 g/mol. The molecule has 1 aromatic rings. The van der Waals surface area contributed by atoms with Crippen LogP contribution < -0.4 is 0 Å². The maximum atomic E-state index is 11.7. The summed E-state index contributed by atoms with van der Waals surface area (Å²) in [7, 11) is 0. The molecule has 0 saturated carbocycles. The molecule has 1 rings (SSSR count). The van der Waals surface area contributed by atoms with E-state index in [2.05, 4.69) is 0 Å². The summed E-state index contributed by atoms with van der Waals surface area (Å²) in [6, 6.07) is 1.64. The number of halogens is 2. The van der Waals surface area contributed by atoms with Gasteiger partial charge in [0.05, 0.1) is 9.90 Å². The van der Waals surface area contributed by atoms with E-state index in [1.807, 2.05) is 20.8 Å². The molecule has 0 N–H and O–H groups in total. The van der Waals surface area contributed by atoms with Gasteiger partial charge in [-0.3, -0.25) is 4.79 Å². The lowest BCUT2D eigenvalue weighted by Crippen LogP contribution is -2.11. The standard InChI is InChI=1S/C10H12Cl2OS/c1-10(2,3)5-7(13)8-4-6(11)9(12)14-8/h4H,5H2,1-3H3. The maximum absolute atomic E-state index is 11.7. The summed E-state index contributed by atoms with van der Waals surface area (Å²) in [4.78, 5) is 12.4. The molecule has 0 radical (unpaired) electrons. The summed E-state index contributed by atoms with van der Waals surface area (Å²) in [5.41, 5.74) is 0.0000255. The van der Waals surface area contributed by atoms with Crippen LogP contribution in [0.3, 0.4) is 0 Å². The number of hydrogen-bond acceptors (Lipinski definition) is 2. The average Bonchev–Trinajstić information content (AvgIpc) is 2.28. The van der Waals surface area contributed by atoms with E-state index in [0.717, 1.165) is 0 Å². The summed E-state index contributed by atoms with van der Waals surface area (Å²) < 4.78 is 0.490. The third kappa shape index (κ3) is 3.26. The van der Waals surface area contributed by atoms with Gasteiger partial charge < -0.3 is 0 Å². The van der Waals surface area contributed by atoms with E-state index in [9.17, 15) is 4.79 Å². The third-order valence-electron chi connectivity index (χ3n) is 1.61. The smallest absolute Gasteiger partial charge is 0.173 e.